The van der Waals surface area contributed by atoms with Gasteiger partial charge >= 0.3 is 0 Å². The maximum Gasteiger partial charge on any atom is 0.219 e. The van der Waals surface area contributed by atoms with E-state index < -0.39 is 0 Å². The van der Waals surface area contributed by atoms with Crippen LogP contribution in [0.5, 0.6) is 0 Å². The van der Waals surface area contributed by atoms with Gasteiger partial charge in [0, 0.05) is 45.8 Å². The number of carbonyl (C=O) groups excluding carboxylic acids is 1. The highest BCUT2D eigenvalue weighted by Crippen LogP contribution is 2.20. The molecule has 6 heteroatoms. The molecule has 0 radical (unpaired) electrons. The first-order valence-electron chi connectivity index (χ1n) is 8.68. The number of piperidine rings is 1. The first kappa shape index (κ1) is 16.5. The van der Waals surface area contributed by atoms with Gasteiger partial charge in [0.2, 0.25) is 5.91 Å². The number of likely N-dealkylation sites (tertiary alicyclic amines) is 1. The van der Waals surface area contributed by atoms with Gasteiger partial charge in [0.15, 0.2) is 0 Å². The summed E-state index contributed by atoms with van der Waals surface area (Å²) >= 11 is 0. The molecule has 2 aliphatic heterocycles. The Morgan fingerprint density at radius 2 is 2.09 bits per heavy atom. The third kappa shape index (κ3) is 4.54. The Kier molecular flexibility index (Phi) is 5.33. The van der Waals surface area contributed by atoms with Crippen LogP contribution in [0.2, 0.25) is 0 Å². The minimum absolute atomic E-state index is 0.212. The summed E-state index contributed by atoms with van der Waals surface area (Å²) in [5, 5.41) is 4.36. The van der Waals surface area contributed by atoms with Crippen molar-refractivity contribution in [2.45, 2.75) is 39.3 Å². The molecule has 3 rings (SSSR count). The zero-order chi connectivity index (χ0) is 16.2. The van der Waals surface area contributed by atoms with Crippen molar-refractivity contribution in [3.8, 4) is 0 Å². The molecule has 2 fully saturated rings. The number of aromatic nitrogens is 2. The number of amides is 1. The molecule has 3 heterocycles. The molecule has 1 amide bonds. The summed E-state index contributed by atoms with van der Waals surface area (Å²) in [7, 11) is 0. The maximum atomic E-state index is 11.4. The Balaban J connectivity index is 1.44. The van der Waals surface area contributed by atoms with Crippen molar-refractivity contribution in [2.24, 2.45) is 5.92 Å². The highest BCUT2D eigenvalue weighted by Gasteiger charge is 2.26. The predicted octanol–water partition coefficient (Wildman–Crippen LogP) is 1.15. The molecule has 128 valence electrons. The van der Waals surface area contributed by atoms with Crippen molar-refractivity contribution in [1.29, 1.82) is 0 Å². The van der Waals surface area contributed by atoms with E-state index >= 15 is 0 Å². The van der Waals surface area contributed by atoms with Crippen molar-refractivity contribution < 1.29 is 9.53 Å². The fraction of sp³-hybridized carbons (Fsp3) is 0.765. The number of carbonyl (C=O) groups is 1. The molecule has 23 heavy (non-hydrogen) atoms. The van der Waals surface area contributed by atoms with E-state index in [1.807, 2.05) is 15.8 Å². The van der Waals surface area contributed by atoms with Crippen LogP contribution in [0, 0.1) is 12.8 Å². The van der Waals surface area contributed by atoms with Crippen molar-refractivity contribution in [2.75, 3.05) is 39.3 Å². The number of nitrogens with zero attached hydrogens (tertiary/aromatic N) is 4. The second kappa shape index (κ2) is 7.45. The highest BCUT2D eigenvalue weighted by atomic mass is 16.5. The lowest BCUT2D eigenvalue weighted by Gasteiger charge is -2.38. The number of hydrogen-bond donors (Lipinski definition) is 0. The Morgan fingerprint density at radius 1 is 1.30 bits per heavy atom. The minimum atomic E-state index is 0.212. The van der Waals surface area contributed by atoms with Gasteiger partial charge in [-0.05, 0) is 31.2 Å². The summed E-state index contributed by atoms with van der Waals surface area (Å²) in [6.45, 7) is 10.3. The lowest BCUT2D eigenvalue weighted by molar-refractivity contribution is -0.130. The van der Waals surface area contributed by atoms with E-state index in [0.29, 0.717) is 5.92 Å². The molecular weight excluding hydrogens is 292 g/mol. The van der Waals surface area contributed by atoms with Crippen LogP contribution in [-0.4, -0.2) is 70.9 Å². The molecule has 1 unspecified atom stereocenters. The van der Waals surface area contributed by atoms with E-state index in [0.717, 1.165) is 58.7 Å². The fourth-order valence-corrected chi connectivity index (χ4v) is 3.63. The molecular formula is C17H28N4O2. The average Bonchev–Trinajstić information content (AvgIpc) is 2.93. The fourth-order valence-electron chi connectivity index (χ4n) is 3.63. The van der Waals surface area contributed by atoms with Gasteiger partial charge in [-0.3, -0.25) is 14.4 Å². The number of aryl methyl sites for hydroxylation is 1. The maximum absolute atomic E-state index is 11.4. The van der Waals surface area contributed by atoms with Crippen molar-refractivity contribution >= 4 is 5.91 Å². The van der Waals surface area contributed by atoms with Crippen molar-refractivity contribution in [1.82, 2.24) is 19.6 Å². The van der Waals surface area contributed by atoms with Gasteiger partial charge in [0.25, 0.3) is 0 Å². The lowest BCUT2D eigenvalue weighted by Crippen LogP contribution is -2.47. The molecule has 1 aromatic heterocycles. The van der Waals surface area contributed by atoms with Gasteiger partial charge in [-0.15, -0.1) is 0 Å². The summed E-state index contributed by atoms with van der Waals surface area (Å²) in [5.74, 6) is 0.917. The van der Waals surface area contributed by atoms with E-state index in [2.05, 4.69) is 23.1 Å². The van der Waals surface area contributed by atoms with Crippen LogP contribution in [0.15, 0.2) is 12.4 Å². The molecule has 0 saturated carbocycles. The van der Waals surface area contributed by atoms with E-state index in [1.165, 1.54) is 5.56 Å². The number of rotatable bonds is 4. The van der Waals surface area contributed by atoms with E-state index in [4.69, 9.17) is 4.74 Å². The molecule has 2 aliphatic rings. The topological polar surface area (TPSA) is 50.6 Å². The van der Waals surface area contributed by atoms with Gasteiger partial charge < -0.3 is 9.64 Å². The molecule has 2 saturated heterocycles. The number of morpholine rings is 1. The summed E-state index contributed by atoms with van der Waals surface area (Å²) in [5.41, 5.74) is 1.19. The van der Waals surface area contributed by atoms with Gasteiger partial charge in [-0.2, -0.15) is 5.10 Å². The van der Waals surface area contributed by atoms with E-state index in [9.17, 15) is 4.79 Å². The molecule has 0 aromatic carbocycles. The summed E-state index contributed by atoms with van der Waals surface area (Å²) < 4.78 is 7.88. The first-order chi connectivity index (χ1) is 11.1. The van der Waals surface area contributed by atoms with Crippen LogP contribution in [-0.2, 0) is 16.1 Å². The van der Waals surface area contributed by atoms with Crippen molar-refractivity contribution in [3.05, 3.63) is 18.0 Å². The average molecular weight is 320 g/mol. The van der Waals surface area contributed by atoms with Crippen molar-refractivity contribution in [3.63, 3.8) is 0 Å². The van der Waals surface area contributed by atoms with E-state index in [-0.39, 0.29) is 12.0 Å². The number of hydrogen-bond acceptors (Lipinski definition) is 4. The van der Waals surface area contributed by atoms with Crippen LogP contribution in [0.25, 0.3) is 0 Å². The zero-order valence-corrected chi connectivity index (χ0v) is 14.3. The van der Waals surface area contributed by atoms with Gasteiger partial charge in [-0.25, -0.2) is 0 Å². The van der Waals surface area contributed by atoms with Gasteiger partial charge in [0.1, 0.15) is 0 Å². The monoisotopic (exact) mass is 320 g/mol. The Labute approximate surface area is 138 Å². The Bertz CT molecular complexity index is 522. The Hall–Kier alpha value is -1.40. The normalized spacial score (nSPS) is 24.1. The smallest absolute Gasteiger partial charge is 0.219 e. The molecule has 0 aliphatic carbocycles. The summed E-state index contributed by atoms with van der Waals surface area (Å²) in [6, 6.07) is 0. The largest absolute Gasteiger partial charge is 0.374 e. The second-order valence-electron chi connectivity index (χ2n) is 6.94. The minimum Gasteiger partial charge on any atom is -0.374 e. The molecule has 1 atom stereocenters. The number of ether oxygens (including phenoxy) is 1. The first-order valence-corrected chi connectivity index (χ1v) is 8.68. The molecule has 0 spiro atoms. The van der Waals surface area contributed by atoms with Gasteiger partial charge in [-0.1, -0.05) is 0 Å². The second-order valence-corrected chi connectivity index (χ2v) is 6.94. The third-order valence-electron chi connectivity index (χ3n) is 4.95. The van der Waals surface area contributed by atoms with E-state index in [1.54, 1.807) is 6.92 Å². The van der Waals surface area contributed by atoms with Crippen LogP contribution < -0.4 is 0 Å². The summed E-state index contributed by atoms with van der Waals surface area (Å²) in [6.07, 6.45) is 6.43. The van der Waals surface area contributed by atoms with Gasteiger partial charge in [0.05, 0.1) is 25.5 Å². The third-order valence-corrected chi connectivity index (χ3v) is 4.95. The SMILES string of the molecule is CC(=O)N1CCC(CN2CCOC(Cn3cc(C)cn3)C2)CC1. The highest BCUT2D eigenvalue weighted by molar-refractivity contribution is 5.73. The Morgan fingerprint density at radius 3 is 2.74 bits per heavy atom. The molecule has 1 aromatic rings. The summed E-state index contributed by atoms with van der Waals surface area (Å²) in [4.78, 5) is 15.9. The predicted molar refractivity (Wildman–Crippen MR) is 88.1 cm³/mol. The quantitative estimate of drug-likeness (QED) is 0.835. The standard InChI is InChI=1S/C17H28N4O2/c1-14-9-18-21(10-14)13-17-12-19(7-8-23-17)11-16-3-5-20(6-4-16)15(2)22/h9-10,16-17H,3-8,11-13H2,1-2H3. The van der Waals surface area contributed by atoms with Crippen LogP contribution in [0.1, 0.15) is 25.3 Å². The van der Waals surface area contributed by atoms with Crippen LogP contribution >= 0.6 is 0 Å². The molecule has 0 N–H and O–H groups in total. The molecule has 0 bridgehead atoms. The van der Waals surface area contributed by atoms with Crippen LogP contribution in [0.3, 0.4) is 0 Å². The van der Waals surface area contributed by atoms with Crippen LogP contribution in [0.4, 0.5) is 0 Å². The molecule has 6 nitrogen and oxygen atoms in total. The lowest BCUT2D eigenvalue weighted by atomic mass is 9.96. The zero-order valence-electron chi connectivity index (χ0n) is 14.3.